The number of benzene rings is 1. The normalized spacial score (nSPS) is 15.9. The number of aryl methyl sites for hydroxylation is 1. The zero-order valence-electron chi connectivity index (χ0n) is 25.9. The molecule has 0 amide bonds. The van der Waals surface area contributed by atoms with Gasteiger partial charge in [-0.1, -0.05) is 96.1 Å². The van der Waals surface area contributed by atoms with E-state index >= 15 is 0 Å². The Balaban J connectivity index is 1.11. The van der Waals surface area contributed by atoms with Gasteiger partial charge in [0.2, 0.25) is 6.73 Å². The fourth-order valence-corrected chi connectivity index (χ4v) is 6.78. The topological polar surface area (TPSA) is 53.9 Å². The van der Waals surface area contributed by atoms with Crippen molar-refractivity contribution in [3.05, 3.63) is 40.8 Å². The van der Waals surface area contributed by atoms with Gasteiger partial charge >= 0.3 is 5.97 Å². The molecule has 2 aliphatic heterocycles. The number of fused-ring (bicyclic) bond motifs is 2. The Morgan fingerprint density at radius 2 is 1.56 bits per heavy atom. The Hall–Kier alpha value is -2.38. The second-order valence-corrected chi connectivity index (χ2v) is 13.6. The number of esters is 1. The number of para-hydroxylation sites is 2. The molecule has 4 rings (SSSR count). The number of rotatable bonds is 16. The summed E-state index contributed by atoms with van der Waals surface area (Å²) in [5.74, 6) is 1.01. The second-order valence-electron chi connectivity index (χ2n) is 12.4. The van der Waals surface area contributed by atoms with Gasteiger partial charge in [-0.15, -0.1) is 11.3 Å². The van der Waals surface area contributed by atoms with Gasteiger partial charge in [-0.05, 0) is 31.5 Å². The number of likely N-dealkylation sites (N-methyl/N-ethyl adjacent to an activating group) is 1. The number of anilines is 2. The Morgan fingerprint density at radius 1 is 0.951 bits per heavy atom. The van der Waals surface area contributed by atoms with Gasteiger partial charge in [0.15, 0.2) is 0 Å². The van der Waals surface area contributed by atoms with E-state index in [4.69, 9.17) is 9.73 Å². The van der Waals surface area contributed by atoms with Crippen LogP contribution in [0.5, 0.6) is 0 Å². The number of quaternary nitrogens is 1. The van der Waals surface area contributed by atoms with Crippen LogP contribution in [0, 0.1) is 6.92 Å². The standard InChI is InChI=1S/C34H53N4O2S/c1-4-5-6-7-8-9-10-11-12-13-14-15-16-21-32(39)40-27-38(3)24-22-37(23-25-38)33-29-26-28(2)41-34(29)36-31-20-18-17-19-30(31)35-33/h17-20,26,36H,4-16,21-25,27H2,1-3H3/q+1. The first-order chi connectivity index (χ1) is 20.0. The molecule has 0 radical (unpaired) electrons. The summed E-state index contributed by atoms with van der Waals surface area (Å²) >= 11 is 1.78. The van der Waals surface area contributed by atoms with Gasteiger partial charge in [-0.2, -0.15) is 0 Å². The molecule has 226 valence electrons. The monoisotopic (exact) mass is 581 g/mol. The maximum absolute atomic E-state index is 12.5. The number of unbranched alkanes of at least 4 members (excludes halogenated alkanes) is 12. The van der Waals surface area contributed by atoms with Crippen LogP contribution < -0.4 is 5.32 Å². The molecule has 1 saturated heterocycles. The first kappa shape index (κ1) is 31.6. The van der Waals surface area contributed by atoms with Crippen LogP contribution in [0.25, 0.3) is 0 Å². The van der Waals surface area contributed by atoms with Crippen molar-refractivity contribution in [2.24, 2.45) is 4.99 Å². The highest BCUT2D eigenvalue weighted by Gasteiger charge is 2.33. The summed E-state index contributed by atoms with van der Waals surface area (Å²) in [6.07, 6.45) is 17.6. The summed E-state index contributed by atoms with van der Waals surface area (Å²) in [6.45, 7) is 8.54. The van der Waals surface area contributed by atoms with Gasteiger partial charge in [-0.25, -0.2) is 4.99 Å². The third-order valence-corrected chi connectivity index (χ3v) is 9.58. The summed E-state index contributed by atoms with van der Waals surface area (Å²) in [5.41, 5.74) is 3.22. The lowest BCUT2D eigenvalue weighted by atomic mass is 10.0. The fourth-order valence-electron chi connectivity index (χ4n) is 5.86. The fraction of sp³-hybridized carbons (Fsp3) is 0.647. The van der Waals surface area contributed by atoms with Crippen LogP contribution in [-0.4, -0.2) is 61.1 Å². The van der Waals surface area contributed by atoms with Gasteiger partial charge in [0.05, 0.1) is 50.2 Å². The van der Waals surface area contributed by atoms with E-state index in [0.29, 0.717) is 13.2 Å². The second kappa shape index (κ2) is 16.3. The number of aliphatic imine (C=N–C) groups is 1. The number of carbonyl (C=O) groups excluding carboxylic acids is 1. The Labute approximate surface area is 252 Å². The van der Waals surface area contributed by atoms with Crippen LogP contribution in [-0.2, 0) is 9.53 Å². The van der Waals surface area contributed by atoms with Crippen LogP contribution in [0.3, 0.4) is 0 Å². The maximum atomic E-state index is 12.5. The average molecular weight is 582 g/mol. The van der Waals surface area contributed by atoms with Crippen molar-refractivity contribution in [2.75, 3.05) is 45.3 Å². The molecule has 1 aromatic carbocycles. The molecule has 0 saturated carbocycles. The molecule has 0 spiro atoms. The predicted molar refractivity (Wildman–Crippen MR) is 174 cm³/mol. The van der Waals surface area contributed by atoms with E-state index in [1.165, 1.54) is 81.1 Å². The smallest absolute Gasteiger partial charge is 0.310 e. The molecule has 0 unspecified atom stereocenters. The molecule has 6 nitrogen and oxygen atoms in total. The number of nitrogens with one attached hydrogen (secondary N) is 1. The van der Waals surface area contributed by atoms with Crippen molar-refractivity contribution < 1.29 is 14.0 Å². The number of hydrogen-bond donors (Lipinski definition) is 1. The Bertz CT molecular complexity index is 1120. The third kappa shape index (κ3) is 9.85. The van der Waals surface area contributed by atoms with E-state index in [1.807, 2.05) is 6.07 Å². The highest BCUT2D eigenvalue weighted by atomic mass is 32.1. The van der Waals surface area contributed by atoms with E-state index in [0.717, 1.165) is 65.7 Å². The van der Waals surface area contributed by atoms with Crippen LogP contribution in [0.1, 0.15) is 107 Å². The highest BCUT2D eigenvalue weighted by molar-refractivity contribution is 7.16. The van der Waals surface area contributed by atoms with E-state index in [9.17, 15) is 4.79 Å². The van der Waals surface area contributed by atoms with Crippen LogP contribution >= 0.6 is 11.3 Å². The van der Waals surface area contributed by atoms with Crippen LogP contribution in [0.4, 0.5) is 16.4 Å². The van der Waals surface area contributed by atoms with Crippen molar-refractivity contribution in [3.63, 3.8) is 0 Å². The maximum Gasteiger partial charge on any atom is 0.310 e. The van der Waals surface area contributed by atoms with Gasteiger partial charge < -0.3 is 15.0 Å². The molecule has 2 aliphatic rings. The molecule has 1 aromatic heterocycles. The van der Waals surface area contributed by atoms with E-state index < -0.39 is 0 Å². The SMILES string of the molecule is CCCCCCCCCCCCCCCC(=O)OC[N+]1(C)CCN(C2=Nc3ccccc3Nc3sc(C)cc32)CC1. The van der Waals surface area contributed by atoms with Gasteiger partial charge in [-0.3, -0.25) is 9.28 Å². The average Bonchev–Trinajstić information content (AvgIpc) is 3.26. The number of hydrogen-bond acceptors (Lipinski definition) is 6. The quantitative estimate of drug-likeness (QED) is 0.122. The van der Waals surface area contributed by atoms with Crippen molar-refractivity contribution in [1.29, 1.82) is 0 Å². The predicted octanol–water partition coefficient (Wildman–Crippen LogP) is 8.94. The number of ether oxygens (including phenoxy) is 1. The molecule has 7 heteroatoms. The third-order valence-electron chi connectivity index (χ3n) is 8.62. The summed E-state index contributed by atoms with van der Waals surface area (Å²) in [4.78, 5) is 21.3. The molecule has 41 heavy (non-hydrogen) atoms. The molecular formula is C34H53N4O2S+. The van der Waals surface area contributed by atoms with Crippen LogP contribution in [0.2, 0.25) is 0 Å². The molecule has 1 fully saturated rings. The summed E-state index contributed by atoms with van der Waals surface area (Å²) in [6, 6.07) is 10.5. The highest BCUT2D eigenvalue weighted by Crippen LogP contribution is 2.39. The van der Waals surface area contributed by atoms with E-state index in [2.05, 4.69) is 55.4 Å². The zero-order chi connectivity index (χ0) is 28.9. The van der Waals surface area contributed by atoms with Crippen LogP contribution in [0.15, 0.2) is 35.3 Å². The molecule has 0 aliphatic carbocycles. The lowest BCUT2D eigenvalue weighted by Crippen LogP contribution is -2.59. The molecular weight excluding hydrogens is 528 g/mol. The van der Waals surface area contributed by atoms with E-state index in [1.54, 1.807) is 11.3 Å². The number of amidine groups is 1. The summed E-state index contributed by atoms with van der Waals surface area (Å²) < 4.78 is 6.54. The summed E-state index contributed by atoms with van der Waals surface area (Å²) in [5, 5.41) is 4.77. The zero-order valence-corrected chi connectivity index (χ0v) is 26.7. The van der Waals surface area contributed by atoms with E-state index in [-0.39, 0.29) is 5.97 Å². The van der Waals surface area contributed by atoms with Crippen molar-refractivity contribution in [1.82, 2.24) is 4.90 Å². The molecule has 0 atom stereocenters. The van der Waals surface area contributed by atoms with Crippen molar-refractivity contribution >= 4 is 39.5 Å². The lowest BCUT2D eigenvalue weighted by Gasteiger charge is -2.42. The number of nitrogens with zero attached hydrogens (tertiary/aromatic N) is 3. The summed E-state index contributed by atoms with van der Waals surface area (Å²) in [7, 11) is 2.21. The Kier molecular flexibility index (Phi) is 12.6. The van der Waals surface area contributed by atoms with Crippen molar-refractivity contribution in [3.8, 4) is 0 Å². The molecule has 1 N–H and O–H groups in total. The molecule has 0 bridgehead atoms. The largest absolute Gasteiger partial charge is 0.415 e. The van der Waals surface area contributed by atoms with Gasteiger partial charge in [0.25, 0.3) is 0 Å². The molecule has 2 aromatic rings. The number of thiophene rings is 1. The minimum atomic E-state index is -0.0379. The molecule has 3 heterocycles. The first-order valence-corrected chi connectivity index (χ1v) is 17.1. The lowest BCUT2D eigenvalue weighted by molar-refractivity contribution is -0.929. The van der Waals surface area contributed by atoms with Gasteiger partial charge in [0, 0.05) is 11.3 Å². The Morgan fingerprint density at radius 3 is 2.22 bits per heavy atom. The first-order valence-electron chi connectivity index (χ1n) is 16.3. The number of carbonyl (C=O) groups is 1. The minimum Gasteiger partial charge on any atom is -0.415 e. The number of piperazine rings is 1. The van der Waals surface area contributed by atoms with Gasteiger partial charge in [0.1, 0.15) is 10.8 Å². The minimum absolute atomic E-state index is 0.0379. The van der Waals surface area contributed by atoms with Crippen molar-refractivity contribution in [2.45, 2.75) is 104 Å².